The van der Waals surface area contributed by atoms with E-state index in [9.17, 15) is 63.2 Å². The van der Waals surface area contributed by atoms with Crippen LogP contribution in [-0.4, -0.2) is 165 Å². The Kier molecular flexibility index (Phi) is 16.2. The van der Waals surface area contributed by atoms with Crippen molar-refractivity contribution in [1.82, 2.24) is 29.9 Å². The third-order valence-electron chi connectivity index (χ3n) is 7.88. The second kappa shape index (κ2) is 20.5. The highest BCUT2D eigenvalue weighted by molar-refractivity contribution is 7.86. The molecule has 0 spiro atoms. The predicted molar refractivity (Wildman–Crippen MR) is 216 cm³/mol. The van der Waals surface area contributed by atoms with E-state index in [2.05, 4.69) is 51.2 Å². The molecular weight excluding hydrogens is 899 g/mol. The Balaban J connectivity index is 1.68. The summed E-state index contributed by atoms with van der Waals surface area (Å²) < 4.78 is 133. The Morgan fingerprint density at radius 1 is 0.557 bits per heavy atom. The van der Waals surface area contributed by atoms with Gasteiger partial charge in [-0.1, -0.05) is 24.3 Å². The number of rotatable bonds is 23. The van der Waals surface area contributed by atoms with E-state index in [-0.39, 0.29) is 52.8 Å². The molecule has 0 saturated carbocycles. The van der Waals surface area contributed by atoms with Crippen molar-refractivity contribution in [3.05, 3.63) is 53.9 Å². The lowest BCUT2D eigenvalue weighted by Gasteiger charge is -2.35. The van der Waals surface area contributed by atoms with Crippen LogP contribution in [0.5, 0.6) is 0 Å². The molecule has 31 heteroatoms. The van der Waals surface area contributed by atoms with Crippen molar-refractivity contribution in [3.63, 3.8) is 0 Å². The molecule has 4 rings (SSSR count). The summed E-state index contributed by atoms with van der Waals surface area (Å²) in [4.78, 5) is 23.7. The maximum atomic E-state index is 12.6. The van der Waals surface area contributed by atoms with Crippen molar-refractivity contribution in [2.24, 2.45) is 0 Å². The number of aliphatic hydroxyl groups is 4. The van der Waals surface area contributed by atoms with Crippen molar-refractivity contribution >= 4 is 93.7 Å². The van der Waals surface area contributed by atoms with E-state index in [4.69, 9.17) is 9.11 Å². The molecule has 334 valence electrons. The zero-order valence-electron chi connectivity index (χ0n) is 31.1. The second-order valence-electron chi connectivity index (χ2n) is 12.3. The maximum Gasteiger partial charge on any atom is 0.295 e. The molecule has 2 heterocycles. The quantitative estimate of drug-likeness (QED) is 0.0292. The molecule has 0 radical (unpaired) electrons. The number of aliphatic hydroxyl groups excluding tert-OH is 4. The van der Waals surface area contributed by atoms with E-state index >= 15 is 0 Å². The molecule has 0 bridgehead atoms. The normalized spacial score (nSPS) is 12.6. The first-order valence-corrected chi connectivity index (χ1v) is 23.1. The molecule has 0 unspecified atom stereocenters. The van der Waals surface area contributed by atoms with Crippen LogP contribution in [0.2, 0.25) is 0 Å². The fourth-order valence-corrected chi connectivity index (χ4v) is 7.26. The molecule has 2 aromatic heterocycles. The van der Waals surface area contributed by atoms with E-state index in [1.54, 1.807) is 0 Å². The molecule has 2 aromatic carbocycles. The number of hydrogen-bond donors (Lipinski definition) is 12. The SMILES string of the molecule is O=S(=O)(O)CCNc1ncnc(Nc2ccc(C=Cc3ccc(Nc4nc(NCCS(=O)(=O)O)nc(N(C(CO)CO)C(CO)CO)n4)cc3S(=O)(=O)O)c(S(=O)(=O)O)c2)n1. The Labute approximate surface area is 347 Å². The minimum absolute atomic E-state index is 0.0294. The molecule has 27 nitrogen and oxygen atoms in total. The number of benzene rings is 2. The minimum atomic E-state index is -5.04. The van der Waals surface area contributed by atoms with Crippen molar-refractivity contribution in [1.29, 1.82) is 0 Å². The Morgan fingerprint density at radius 3 is 1.41 bits per heavy atom. The predicted octanol–water partition coefficient (Wildman–Crippen LogP) is -1.68. The highest BCUT2D eigenvalue weighted by Gasteiger charge is 2.29. The molecule has 12 N–H and O–H groups in total. The van der Waals surface area contributed by atoms with Crippen LogP contribution in [0.25, 0.3) is 12.2 Å². The third kappa shape index (κ3) is 14.7. The van der Waals surface area contributed by atoms with E-state index < -0.39 is 113 Å². The van der Waals surface area contributed by atoms with Crippen LogP contribution in [0.3, 0.4) is 0 Å². The van der Waals surface area contributed by atoms with Gasteiger partial charge < -0.3 is 46.6 Å². The Morgan fingerprint density at radius 2 is 0.967 bits per heavy atom. The van der Waals surface area contributed by atoms with Crippen LogP contribution in [0.4, 0.5) is 41.1 Å². The fraction of sp³-hybridized carbons (Fsp3) is 0.333. The smallest absolute Gasteiger partial charge is 0.295 e. The van der Waals surface area contributed by atoms with Crippen LogP contribution in [0, 0.1) is 0 Å². The van der Waals surface area contributed by atoms with E-state index in [0.717, 1.165) is 35.5 Å². The average molecular weight is 938 g/mol. The summed E-state index contributed by atoms with van der Waals surface area (Å²) in [6.07, 6.45) is 3.25. The van der Waals surface area contributed by atoms with Crippen LogP contribution in [0.1, 0.15) is 11.1 Å². The standard InChI is InChI=1S/C30H39N11O16S4/c42-13-22(14-43)41(23(15-44)16-45)30-39-27(32-8-10-59(49,50)51)38-29(40-30)36-21-6-4-19(25(12-21)61(55,56)57)2-1-18-3-5-20(11-24(18)60(52,53)54)35-28-34-17-33-26(37-28)31-7-9-58(46,47)48/h1-6,11-12,17,22-23,42-45H,7-10,13-16H2,(H,46,47,48)(H,49,50,51)(H,52,53,54)(H,55,56,57)(H2,31,33,34,35,37)(H2,32,36,38,39,40). The molecule has 0 fully saturated rings. The largest absolute Gasteiger partial charge is 0.394 e. The van der Waals surface area contributed by atoms with E-state index in [1.165, 1.54) is 24.3 Å². The lowest BCUT2D eigenvalue weighted by atomic mass is 10.1. The zero-order valence-corrected chi connectivity index (χ0v) is 34.4. The molecule has 61 heavy (non-hydrogen) atoms. The summed E-state index contributed by atoms with van der Waals surface area (Å²) in [6, 6.07) is 4.52. The lowest BCUT2D eigenvalue weighted by Crippen LogP contribution is -2.51. The number of hydrogen-bond acceptors (Lipinski definition) is 23. The molecule has 4 aromatic rings. The molecule has 0 amide bonds. The fourth-order valence-electron chi connectivity index (χ4n) is 5.12. The first-order chi connectivity index (χ1) is 28.5. The number of nitrogens with one attached hydrogen (secondary N) is 4. The molecule has 0 saturated heterocycles. The van der Waals surface area contributed by atoms with Gasteiger partial charge in [-0.05, 0) is 35.4 Å². The molecular formula is C30H39N11O16S4. The van der Waals surface area contributed by atoms with Gasteiger partial charge in [-0.2, -0.15) is 53.6 Å². The highest BCUT2D eigenvalue weighted by Crippen LogP contribution is 2.29. The van der Waals surface area contributed by atoms with Gasteiger partial charge in [0.1, 0.15) is 16.1 Å². The molecule has 0 aliphatic rings. The van der Waals surface area contributed by atoms with E-state index in [0.29, 0.717) is 0 Å². The van der Waals surface area contributed by atoms with Gasteiger partial charge in [-0.25, -0.2) is 9.97 Å². The van der Waals surface area contributed by atoms with Crippen LogP contribution >= 0.6 is 0 Å². The van der Waals surface area contributed by atoms with Crippen molar-refractivity contribution in [2.45, 2.75) is 21.9 Å². The topological polar surface area (TPSA) is 427 Å². The summed E-state index contributed by atoms with van der Waals surface area (Å²) in [5.41, 5.74) is -0.442. The highest BCUT2D eigenvalue weighted by atomic mass is 32.2. The molecule has 0 aliphatic carbocycles. The first-order valence-electron chi connectivity index (χ1n) is 17.0. The van der Waals surface area contributed by atoms with Crippen molar-refractivity contribution in [3.8, 4) is 0 Å². The van der Waals surface area contributed by atoms with Gasteiger partial charge in [0.15, 0.2) is 0 Å². The van der Waals surface area contributed by atoms with Gasteiger partial charge >= 0.3 is 0 Å². The summed E-state index contributed by atoms with van der Waals surface area (Å²) in [6.45, 7) is -3.60. The Hall–Kier alpha value is -5.32. The Bertz CT molecular complexity index is 2640. The zero-order chi connectivity index (χ0) is 45.2. The van der Waals surface area contributed by atoms with Gasteiger partial charge in [0, 0.05) is 24.5 Å². The van der Waals surface area contributed by atoms with Crippen molar-refractivity contribution in [2.75, 3.05) is 77.2 Å². The van der Waals surface area contributed by atoms with Gasteiger partial charge in [0.2, 0.25) is 29.7 Å². The first kappa shape index (κ1) is 48.3. The summed E-state index contributed by atoms with van der Waals surface area (Å²) in [5.74, 6) is -2.83. The van der Waals surface area contributed by atoms with E-state index in [1.807, 2.05) is 0 Å². The molecule has 0 aliphatic heterocycles. The number of anilines is 7. The van der Waals surface area contributed by atoms with Gasteiger partial charge in [-0.15, -0.1) is 0 Å². The monoisotopic (exact) mass is 937 g/mol. The summed E-state index contributed by atoms with van der Waals surface area (Å²) in [7, 11) is -18.7. The van der Waals surface area contributed by atoms with Crippen LogP contribution in [-0.2, 0) is 40.5 Å². The number of aromatic nitrogens is 6. The van der Waals surface area contributed by atoms with Crippen molar-refractivity contribution < 1.29 is 72.3 Å². The van der Waals surface area contributed by atoms with Gasteiger partial charge in [0.05, 0.1) is 50.0 Å². The average Bonchev–Trinajstić information content (AvgIpc) is 3.16. The molecule has 0 atom stereocenters. The van der Waals surface area contributed by atoms with Gasteiger partial charge in [0.25, 0.3) is 40.5 Å². The minimum Gasteiger partial charge on any atom is -0.394 e. The third-order valence-corrected chi connectivity index (χ3v) is 11.1. The lowest BCUT2D eigenvalue weighted by molar-refractivity contribution is 0.142. The van der Waals surface area contributed by atoms with Gasteiger partial charge in [-0.3, -0.25) is 18.2 Å². The maximum absolute atomic E-state index is 12.6. The second-order valence-corrected chi connectivity index (χ2v) is 18.2. The van der Waals surface area contributed by atoms with Crippen LogP contribution < -0.4 is 26.2 Å². The summed E-state index contributed by atoms with van der Waals surface area (Å²) >= 11 is 0. The number of nitrogens with zero attached hydrogens (tertiary/aromatic N) is 7. The van der Waals surface area contributed by atoms with Crippen LogP contribution in [0.15, 0.2) is 52.5 Å². The summed E-state index contributed by atoms with van der Waals surface area (Å²) in [5, 5.41) is 50.0.